The summed E-state index contributed by atoms with van der Waals surface area (Å²) in [5, 5.41) is 30.1. The molecule has 0 aliphatic heterocycles. The van der Waals surface area contributed by atoms with Gasteiger partial charge in [0.1, 0.15) is 0 Å². The highest BCUT2D eigenvalue weighted by molar-refractivity contribution is 5.46. The van der Waals surface area contributed by atoms with Crippen LogP contribution in [0.1, 0.15) is 12.5 Å². The summed E-state index contributed by atoms with van der Waals surface area (Å²) < 4.78 is 0. The Kier molecular flexibility index (Phi) is 4.11. The summed E-state index contributed by atoms with van der Waals surface area (Å²) in [5.41, 5.74) is -0.133. The van der Waals surface area contributed by atoms with Gasteiger partial charge in [-0.25, -0.2) is 0 Å². The van der Waals surface area contributed by atoms with Crippen molar-refractivity contribution in [2.24, 2.45) is 5.92 Å². The van der Waals surface area contributed by atoms with Crippen LogP contribution in [0, 0.1) is 26.1 Å². The van der Waals surface area contributed by atoms with E-state index in [4.69, 9.17) is 5.11 Å². The number of aliphatic hydroxyl groups excluding tert-OH is 1. The van der Waals surface area contributed by atoms with Crippen LogP contribution in [0.25, 0.3) is 0 Å². The molecule has 0 aliphatic carbocycles. The second kappa shape index (κ2) is 5.35. The topological polar surface area (TPSA) is 107 Å². The Morgan fingerprint density at radius 2 is 1.65 bits per heavy atom. The zero-order valence-corrected chi connectivity index (χ0v) is 9.20. The lowest BCUT2D eigenvalue weighted by atomic mass is 10.0. The minimum atomic E-state index is -0.667. The van der Waals surface area contributed by atoms with Crippen molar-refractivity contribution >= 4 is 11.4 Å². The number of aliphatic hydroxyl groups is 1. The van der Waals surface area contributed by atoms with Crippen molar-refractivity contribution in [2.75, 3.05) is 6.61 Å². The molecule has 0 fully saturated rings. The lowest BCUT2D eigenvalue weighted by molar-refractivity contribution is -0.394. The van der Waals surface area contributed by atoms with E-state index >= 15 is 0 Å². The molecule has 0 radical (unpaired) electrons. The number of hydrogen-bond acceptors (Lipinski definition) is 5. The summed E-state index contributed by atoms with van der Waals surface area (Å²) in [4.78, 5) is 19.9. The molecule has 0 aromatic heterocycles. The monoisotopic (exact) mass is 240 g/mol. The van der Waals surface area contributed by atoms with Gasteiger partial charge in [0.15, 0.2) is 0 Å². The van der Waals surface area contributed by atoms with Crippen molar-refractivity contribution in [1.82, 2.24) is 0 Å². The Balaban J connectivity index is 3.12. The molecule has 0 aliphatic rings. The van der Waals surface area contributed by atoms with Gasteiger partial charge in [-0.05, 0) is 17.9 Å². The summed E-state index contributed by atoms with van der Waals surface area (Å²) in [6.45, 7) is 1.68. The van der Waals surface area contributed by atoms with Crippen LogP contribution in [0.3, 0.4) is 0 Å². The predicted octanol–water partition coefficient (Wildman–Crippen LogP) is 1.67. The lowest BCUT2D eigenvalue weighted by Crippen LogP contribution is -2.05. The van der Waals surface area contributed by atoms with Crippen molar-refractivity contribution in [3.63, 3.8) is 0 Å². The van der Waals surface area contributed by atoms with Crippen LogP contribution >= 0.6 is 0 Å². The molecule has 92 valence electrons. The van der Waals surface area contributed by atoms with Crippen LogP contribution in [0.15, 0.2) is 18.2 Å². The number of nitro benzene ring substituents is 2. The number of hydrogen-bond donors (Lipinski definition) is 1. The van der Waals surface area contributed by atoms with E-state index in [2.05, 4.69) is 0 Å². The molecule has 1 N–H and O–H groups in total. The molecule has 0 amide bonds. The zero-order chi connectivity index (χ0) is 13.0. The van der Waals surface area contributed by atoms with Gasteiger partial charge in [-0.15, -0.1) is 0 Å². The predicted molar refractivity (Wildman–Crippen MR) is 59.7 cm³/mol. The molecule has 7 nitrogen and oxygen atoms in total. The fourth-order valence-electron chi connectivity index (χ4n) is 1.45. The highest BCUT2D eigenvalue weighted by Crippen LogP contribution is 2.24. The fourth-order valence-corrected chi connectivity index (χ4v) is 1.45. The lowest BCUT2D eigenvalue weighted by Gasteiger charge is -2.07. The van der Waals surface area contributed by atoms with E-state index in [-0.39, 0.29) is 23.9 Å². The van der Waals surface area contributed by atoms with Gasteiger partial charge >= 0.3 is 0 Å². The summed E-state index contributed by atoms with van der Waals surface area (Å²) in [6, 6.07) is 3.51. The van der Waals surface area contributed by atoms with E-state index in [1.54, 1.807) is 6.92 Å². The second-order valence-corrected chi connectivity index (χ2v) is 3.86. The molecule has 0 saturated carbocycles. The average molecular weight is 240 g/mol. The Labute approximate surface area is 97.0 Å². The minimum Gasteiger partial charge on any atom is -0.396 e. The largest absolute Gasteiger partial charge is 0.396 e. The summed E-state index contributed by atoms with van der Waals surface area (Å²) >= 11 is 0. The van der Waals surface area contributed by atoms with E-state index in [0.717, 1.165) is 6.07 Å². The van der Waals surface area contributed by atoms with Gasteiger partial charge in [0.25, 0.3) is 11.4 Å². The van der Waals surface area contributed by atoms with Crippen LogP contribution in [0.5, 0.6) is 0 Å². The van der Waals surface area contributed by atoms with Gasteiger partial charge in [0.2, 0.25) is 0 Å². The number of rotatable bonds is 5. The minimum absolute atomic E-state index is 0.0729. The van der Waals surface area contributed by atoms with Crippen molar-refractivity contribution in [2.45, 2.75) is 13.3 Å². The maximum Gasteiger partial charge on any atom is 0.276 e. The average Bonchev–Trinajstić information content (AvgIpc) is 2.28. The number of benzene rings is 1. The van der Waals surface area contributed by atoms with E-state index in [1.165, 1.54) is 12.1 Å². The first-order valence-electron chi connectivity index (χ1n) is 4.97. The van der Waals surface area contributed by atoms with Crippen molar-refractivity contribution < 1.29 is 15.0 Å². The molecule has 1 unspecified atom stereocenters. The normalized spacial score (nSPS) is 12.1. The van der Waals surface area contributed by atoms with Gasteiger partial charge in [0.05, 0.1) is 15.9 Å². The highest BCUT2D eigenvalue weighted by Gasteiger charge is 2.17. The van der Waals surface area contributed by atoms with Crippen molar-refractivity contribution in [1.29, 1.82) is 0 Å². The molecule has 1 atom stereocenters. The summed E-state index contributed by atoms with van der Waals surface area (Å²) in [5.74, 6) is -0.100. The molecular weight excluding hydrogens is 228 g/mol. The molecule has 7 heteroatoms. The molecular formula is C10H12N2O5. The standard InChI is InChI=1S/C10H12N2O5/c1-7(6-13)2-8-3-9(11(14)15)5-10(4-8)12(16)17/h3-5,7,13H,2,6H2,1H3. The third-order valence-electron chi connectivity index (χ3n) is 2.28. The van der Waals surface area contributed by atoms with Crippen molar-refractivity contribution in [3.8, 4) is 0 Å². The fraction of sp³-hybridized carbons (Fsp3) is 0.400. The number of non-ortho nitro benzene ring substituents is 2. The van der Waals surface area contributed by atoms with Crippen LogP contribution < -0.4 is 0 Å². The molecule has 0 spiro atoms. The molecule has 0 bridgehead atoms. The molecule has 1 aromatic rings. The van der Waals surface area contributed by atoms with Gasteiger partial charge < -0.3 is 5.11 Å². The second-order valence-electron chi connectivity index (χ2n) is 3.86. The summed E-state index contributed by atoms with van der Waals surface area (Å²) in [7, 11) is 0. The van der Waals surface area contributed by atoms with Crippen LogP contribution in [0.4, 0.5) is 11.4 Å². The third-order valence-corrected chi connectivity index (χ3v) is 2.28. The third kappa shape index (κ3) is 3.49. The Bertz CT molecular complexity index is 414. The smallest absolute Gasteiger partial charge is 0.276 e. The van der Waals surface area contributed by atoms with E-state index in [9.17, 15) is 20.2 Å². The van der Waals surface area contributed by atoms with Crippen LogP contribution in [0.2, 0.25) is 0 Å². The maximum absolute atomic E-state index is 10.6. The van der Waals surface area contributed by atoms with Crippen molar-refractivity contribution in [3.05, 3.63) is 44.0 Å². The van der Waals surface area contributed by atoms with Gasteiger partial charge in [-0.1, -0.05) is 6.92 Å². The first-order chi connectivity index (χ1) is 7.93. The SMILES string of the molecule is CC(CO)Cc1cc([N+](=O)[O-])cc([N+](=O)[O-])c1. The first-order valence-corrected chi connectivity index (χ1v) is 4.97. The zero-order valence-electron chi connectivity index (χ0n) is 9.20. The Morgan fingerprint density at radius 1 is 1.18 bits per heavy atom. The summed E-state index contributed by atoms with van der Waals surface area (Å²) in [6.07, 6.45) is 0.360. The highest BCUT2D eigenvalue weighted by atomic mass is 16.6. The molecule has 0 saturated heterocycles. The Morgan fingerprint density at radius 3 is 2.00 bits per heavy atom. The molecule has 1 aromatic carbocycles. The van der Waals surface area contributed by atoms with Gasteiger partial charge in [0, 0.05) is 18.7 Å². The van der Waals surface area contributed by atoms with Gasteiger partial charge in [-0.2, -0.15) is 0 Å². The maximum atomic E-state index is 10.6. The van der Waals surface area contributed by atoms with Crippen LogP contribution in [-0.2, 0) is 6.42 Å². The van der Waals surface area contributed by atoms with Gasteiger partial charge in [-0.3, -0.25) is 20.2 Å². The number of nitrogens with zero attached hydrogens (tertiary/aromatic N) is 2. The van der Waals surface area contributed by atoms with E-state index < -0.39 is 9.85 Å². The molecule has 17 heavy (non-hydrogen) atoms. The quantitative estimate of drug-likeness (QED) is 0.622. The number of nitro groups is 2. The van der Waals surface area contributed by atoms with E-state index in [0.29, 0.717) is 12.0 Å². The Hall–Kier alpha value is -2.02. The van der Waals surface area contributed by atoms with E-state index in [1.807, 2.05) is 0 Å². The van der Waals surface area contributed by atoms with Crippen LogP contribution in [-0.4, -0.2) is 21.6 Å². The first kappa shape index (κ1) is 13.0. The molecule has 0 heterocycles. The molecule has 1 rings (SSSR count).